The number of ether oxygens (including phenoxy) is 1. The van der Waals surface area contributed by atoms with Crippen molar-refractivity contribution >= 4 is 5.97 Å². The molecule has 0 atom stereocenters. The van der Waals surface area contributed by atoms with Crippen molar-refractivity contribution in [3.63, 3.8) is 0 Å². The van der Waals surface area contributed by atoms with Gasteiger partial charge >= 0.3 is 5.97 Å². The van der Waals surface area contributed by atoms with Crippen LogP contribution in [0.4, 0.5) is 0 Å². The van der Waals surface area contributed by atoms with E-state index in [0.29, 0.717) is 11.3 Å². The summed E-state index contributed by atoms with van der Waals surface area (Å²) in [6.07, 6.45) is 0. The summed E-state index contributed by atoms with van der Waals surface area (Å²) in [6, 6.07) is 20.1. The molecule has 0 bridgehead atoms. The summed E-state index contributed by atoms with van der Waals surface area (Å²) >= 11 is 0. The second-order valence-corrected chi connectivity index (χ2v) is 8.18. The van der Waals surface area contributed by atoms with Crippen LogP contribution in [0.25, 0.3) is 0 Å². The number of benzene rings is 3. The van der Waals surface area contributed by atoms with Crippen LogP contribution in [0.5, 0.6) is 5.75 Å². The second-order valence-electron chi connectivity index (χ2n) is 8.18. The molecule has 0 fully saturated rings. The van der Waals surface area contributed by atoms with Gasteiger partial charge in [0.1, 0.15) is 5.75 Å². The van der Waals surface area contributed by atoms with Gasteiger partial charge in [-0.2, -0.15) is 0 Å². The van der Waals surface area contributed by atoms with Gasteiger partial charge in [0.15, 0.2) is 0 Å². The Morgan fingerprint density at radius 2 is 1.39 bits per heavy atom. The molecule has 0 heterocycles. The largest absolute Gasteiger partial charge is 0.423 e. The third kappa shape index (κ3) is 4.01. The standard InChI is InChI=1S/C26H28O2/c1-17-7-10-21(11-8-17)25(27)28-24-14-12-22(16-20(24)4)26(5,6)23-13-9-18(2)15-19(23)3/h7-16H,1-6H3. The van der Waals surface area contributed by atoms with Crippen LogP contribution in [0.2, 0.25) is 0 Å². The lowest BCUT2D eigenvalue weighted by atomic mass is 9.75. The predicted molar refractivity (Wildman–Crippen MR) is 115 cm³/mol. The van der Waals surface area contributed by atoms with Gasteiger partial charge in [-0.05, 0) is 68.1 Å². The summed E-state index contributed by atoms with van der Waals surface area (Å²) in [4.78, 5) is 12.4. The van der Waals surface area contributed by atoms with E-state index in [4.69, 9.17) is 4.74 Å². The molecule has 0 saturated heterocycles. The normalized spacial score (nSPS) is 11.4. The second kappa shape index (κ2) is 7.63. The van der Waals surface area contributed by atoms with Gasteiger partial charge in [-0.15, -0.1) is 0 Å². The topological polar surface area (TPSA) is 26.3 Å². The average molecular weight is 373 g/mol. The van der Waals surface area contributed by atoms with Gasteiger partial charge in [0.05, 0.1) is 5.56 Å². The molecule has 2 heteroatoms. The fraction of sp³-hybridized carbons (Fsp3) is 0.269. The molecule has 0 aliphatic heterocycles. The van der Waals surface area contributed by atoms with Crippen molar-refractivity contribution in [1.82, 2.24) is 0 Å². The van der Waals surface area contributed by atoms with E-state index in [1.807, 2.05) is 32.0 Å². The minimum Gasteiger partial charge on any atom is -0.423 e. The number of hydrogen-bond acceptors (Lipinski definition) is 2. The maximum Gasteiger partial charge on any atom is 0.343 e. The van der Waals surface area contributed by atoms with E-state index in [9.17, 15) is 4.79 Å². The molecule has 0 aliphatic carbocycles. The Bertz CT molecular complexity index is 1010. The molecular weight excluding hydrogens is 344 g/mol. The van der Waals surface area contributed by atoms with Crippen molar-refractivity contribution in [3.8, 4) is 5.75 Å². The molecule has 0 aromatic heterocycles. The Balaban J connectivity index is 1.87. The first kappa shape index (κ1) is 19.9. The lowest BCUT2D eigenvalue weighted by Gasteiger charge is -2.29. The first-order chi connectivity index (χ1) is 13.2. The van der Waals surface area contributed by atoms with Crippen LogP contribution < -0.4 is 4.74 Å². The van der Waals surface area contributed by atoms with E-state index < -0.39 is 0 Å². The summed E-state index contributed by atoms with van der Waals surface area (Å²) < 4.78 is 5.64. The summed E-state index contributed by atoms with van der Waals surface area (Å²) in [5.74, 6) is 0.273. The Morgan fingerprint density at radius 3 is 2.00 bits per heavy atom. The minimum atomic E-state index is -0.329. The van der Waals surface area contributed by atoms with Crippen LogP contribution >= 0.6 is 0 Å². The molecular formula is C26H28O2. The number of rotatable bonds is 4. The van der Waals surface area contributed by atoms with E-state index in [0.717, 1.165) is 11.1 Å². The highest BCUT2D eigenvalue weighted by Crippen LogP contribution is 2.36. The first-order valence-electron chi connectivity index (χ1n) is 9.66. The molecule has 0 amide bonds. The zero-order valence-corrected chi connectivity index (χ0v) is 17.6. The average Bonchev–Trinajstić information content (AvgIpc) is 2.63. The predicted octanol–water partition coefficient (Wildman–Crippen LogP) is 6.47. The van der Waals surface area contributed by atoms with Crippen molar-refractivity contribution in [1.29, 1.82) is 0 Å². The lowest BCUT2D eigenvalue weighted by molar-refractivity contribution is 0.0733. The Morgan fingerprint density at radius 1 is 0.750 bits per heavy atom. The van der Waals surface area contributed by atoms with E-state index in [1.165, 1.54) is 22.3 Å². The van der Waals surface area contributed by atoms with Crippen LogP contribution in [0.3, 0.4) is 0 Å². The first-order valence-corrected chi connectivity index (χ1v) is 9.66. The van der Waals surface area contributed by atoms with Gasteiger partial charge in [0, 0.05) is 5.41 Å². The van der Waals surface area contributed by atoms with Crippen LogP contribution in [-0.2, 0) is 5.41 Å². The quantitative estimate of drug-likeness (QED) is 0.388. The number of esters is 1. The third-order valence-electron chi connectivity index (χ3n) is 5.44. The smallest absolute Gasteiger partial charge is 0.343 e. The zero-order valence-electron chi connectivity index (χ0n) is 17.6. The van der Waals surface area contributed by atoms with Gasteiger partial charge in [-0.25, -0.2) is 4.79 Å². The van der Waals surface area contributed by atoms with Crippen molar-refractivity contribution in [2.24, 2.45) is 0 Å². The van der Waals surface area contributed by atoms with Gasteiger partial charge < -0.3 is 4.74 Å². The third-order valence-corrected chi connectivity index (χ3v) is 5.44. The minimum absolute atomic E-state index is 0.137. The van der Waals surface area contributed by atoms with Crippen molar-refractivity contribution in [3.05, 3.63) is 99.6 Å². The fourth-order valence-electron chi connectivity index (χ4n) is 3.67. The summed E-state index contributed by atoms with van der Waals surface area (Å²) in [7, 11) is 0. The highest BCUT2D eigenvalue weighted by molar-refractivity contribution is 5.91. The van der Waals surface area contributed by atoms with Crippen molar-refractivity contribution < 1.29 is 9.53 Å². The van der Waals surface area contributed by atoms with Gasteiger partial charge in [-0.3, -0.25) is 0 Å². The van der Waals surface area contributed by atoms with Crippen LogP contribution in [0.15, 0.2) is 60.7 Å². The van der Waals surface area contributed by atoms with Crippen LogP contribution in [0.1, 0.15) is 57.6 Å². The molecule has 144 valence electrons. The highest BCUT2D eigenvalue weighted by atomic mass is 16.5. The molecule has 0 saturated carbocycles. The number of carbonyl (C=O) groups excluding carboxylic acids is 1. The number of carbonyl (C=O) groups is 1. The Labute approximate surface area is 168 Å². The molecule has 3 aromatic carbocycles. The molecule has 3 rings (SSSR count). The molecule has 0 aliphatic rings. The van der Waals surface area contributed by atoms with E-state index in [1.54, 1.807) is 12.1 Å². The van der Waals surface area contributed by atoms with Crippen LogP contribution in [0, 0.1) is 27.7 Å². The molecule has 0 spiro atoms. The number of aryl methyl sites for hydroxylation is 4. The number of hydrogen-bond donors (Lipinski definition) is 0. The lowest BCUT2D eigenvalue weighted by Crippen LogP contribution is -2.20. The molecule has 0 N–H and O–H groups in total. The SMILES string of the molecule is Cc1ccc(C(=O)Oc2ccc(C(C)(C)c3ccc(C)cc3C)cc2C)cc1. The molecule has 0 radical (unpaired) electrons. The highest BCUT2D eigenvalue weighted by Gasteiger charge is 2.25. The Hall–Kier alpha value is -2.87. The van der Waals surface area contributed by atoms with E-state index in [-0.39, 0.29) is 11.4 Å². The van der Waals surface area contributed by atoms with Crippen LogP contribution in [-0.4, -0.2) is 5.97 Å². The van der Waals surface area contributed by atoms with E-state index >= 15 is 0 Å². The maximum absolute atomic E-state index is 12.4. The van der Waals surface area contributed by atoms with E-state index in [2.05, 4.69) is 58.0 Å². The fourth-order valence-corrected chi connectivity index (χ4v) is 3.67. The Kier molecular flexibility index (Phi) is 5.42. The molecule has 28 heavy (non-hydrogen) atoms. The van der Waals surface area contributed by atoms with Gasteiger partial charge in [0.2, 0.25) is 0 Å². The van der Waals surface area contributed by atoms with Gasteiger partial charge in [0.25, 0.3) is 0 Å². The molecule has 0 unspecified atom stereocenters. The monoisotopic (exact) mass is 372 g/mol. The molecule has 3 aromatic rings. The maximum atomic E-state index is 12.4. The summed E-state index contributed by atoms with van der Waals surface area (Å²) in [5, 5.41) is 0. The van der Waals surface area contributed by atoms with Gasteiger partial charge in [-0.1, -0.05) is 67.4 Å². The van der Waals surface area contributed by atoms with Crippen molar-refractivity contribution in [2.75, 3.05) is 0 Å². The molecule has 2 nitrogen and oxygen atoms in total. The zero-order chi connectivity index (χ0) is 20.5. The summed E-state index contributed by atoms with van der Waals surface area (Å²) in [5.41, 5.74) is 7.56. The summed E-state index contributed by atoms with van der Waals surface area (Å²) in [6.45, 7) is 12.7. The van der Waals surface area contributed by atoms with Crippen molar-refractivity contribution in [2.45, 2.75) is 47.0 Å².